The molecular formula is C14H13BO4. The molecule has 0 atom stereocenters. The zero-order valence-corrected chi connectivity index (χ0v) is 10.1. The van der Waals surface area contributed by atoms with Crippen LogP contribution in [0.25, 0.3) is 12.2 Å². The Kier molecular flexibility index (Phi) is 3.89. The summed E-state index contributed by atoms with van der Waals surface area (Å²) in [5.74, 6) is -0.00296. The molecule has 2 rings (SSSR count). The Balaban J connectivity index is 2.17. The van der Waals surface area contributed by atoms with Gasteiger partial charge in [-0.15, -0.1) is 0 Å². The van der Waals surface area contributed by atoms with Gasteiger partial charge in [0, 0.05) is 6.07 Å². The Hall–Kier alpha value is -2.24. The van der Waals surface area contributed by atoms with Crippen LogP contribution in [0.15, 0.2) is 42.5 Å². The van der Waals surface area contributed by atoms with Gasteiger partial charge in [0.2, 0.25) is 0 Å². The summed E-state index contributed by atoms with van der Waals surface area (Å²) in [5.41, 5.74) is 1.96. The Morgan fingerprint density at radius 2 is 1.26 bits per heavy atom. The molecule has 0 saturated carbocycles. The number of rotatable bonds is 3. The second-order valence-electron chi connectivity index (χ2n) is 4.16. The number of aromatic hydroxyl groups is 2. The highest BCUT2D eigenvalue weighted by Gasteiger charge is 2.08. The summed E-state index contributed by atoms with van der Waals surface area (Å²) < 4.78 is 0. The third-order valence-corrected chi connectivity index (χ3v) is 2.63. The number of phenols is 2. The summed E-state index contributed by atoms with van der Waals surface area (Å²) in [6, 6.07) is 11.0. The summed E-state index contributed by atoms with van der Waals surface area (Å²) in [5, 5.41) is 36.6. The van der Waals surface area contributed by atoms with Crippen molar-refractivity contribution in [1.29, 1.82) is 0 Å². The van der Waals surface area contributed by atoms with E-state index in [1.54, 1.807) is 36.4 Å². The van der Waals surface area contributed by atoms with E-state index in [1.807, 2.05) is 0 Å². The molecule has 0 fully saturated rings. The van der Waals surface area contributed by atoms with E-state index in [0.717, 1.165) is 5.56 Å². The van der Waals surface area contributed by atoms with Crippen LogP contribution in [0.4, 0.5) is 0 Å². The van der Waals surface area contributed by atoms with Crippen LogP contribution in [-0.4, -0.2) is 27.4 Å². The fourth-order valence-electron chi connectivity index (χ4n) is 1.69. The van der Waals surface area contributed by atoms with Crippen molar-refractivity contribution < 1.29 is 20.3 Å². The van der Waals surface area contributed by atoms with Crippen LogP contribution in [0.3, 0.4) is 0 Å². The first-order chi connectivity index (χ1) is 9.04. The van der Waals surface area contributed by atoms with Gasteiger partial charge in [0.15, 0.2) is 0 Å². The molecule has 0 heterocycles. The van der Waals surface area contributed by atoms with E-state index >= 15 is 0 Å². The van der Waals surface area contributed by atoms with E-state index in [1.165, 1.54) is 18.2 Å². The summed E-state index contributed by atoms with van der Waals surface area (Å²) in [7, 11) is -1.47. The van der Waals surface area contributed by atoms with Gasteiger partial charge in [-0.1, -0.05) is 36.4 Å². The molecule has 0 aliphatic rings. The molecule has 5 heteroatoms. The van der Waals surface area contributed by atoms with Crippen LogP contribution in [-0.2, 0) is 0 Å². The normalized spacial score (nSPS) is 10.8. The van der Waals surface area contributed by atoms with Gasteiger partial charge in [0.25, 0.3) is 0 Å². The molecular weight excluding hydrogens is 243 g/mol. The van der Waals surface area contributed by atoms with Crippen LogP contribution in [0.5, 0.6) is 11.5 Å². The van der Waals surface area contributed by atoms with Gasteiger partial charge in [-0.05, 0) is 28.7 Å². The second-order valence-corrected chi connectivity index (χ2v) is 4.16. The van der Waals surface area contributed by atoms with Crippen molar-refractivity contribution in [3.05, 3.63) is 53.6 Å². The molecule has 96 valence electrons. The fourth-order valence-corrected chi connectivity index (χ4v) is 1.69. The minimum Gasteiger partial charge on any atom is -0.508 e. The van der Waals surface area contributed by atoms with Gasteiger partial charge in [-0.25, -0.2) is 0 Å². The summed E-state index contributed by atoms with van der Waals surface area (Å²) in [4.78, 5) is 0. The fraction of sp³-hybridized carbons (Fsp3) is 0. The van der Waals surface area contributed by atoms with E-state index in [4.69, 9.17) is 10.0 Å². The minimum absolute atomic E-state index is 0.00148. The highest BCUT2D eigenvalue weighted by Crippen LogP contribution is 2.21. The molecule has 4 N–H and O–H groups in total. The first-order valence-electron chi connectivity index (χ1n) is 5.72. The first kappa shape index (κ1) is 13.2. The van der Waals surface area contributed by atoms with Crippen LogP contribution >= 0.6 is 0 Å². The zero-order valence-electron chi connectivity index (χ0n) is 10.1. The molecule has 0 bridgehead atoms. The summed E-state index contributed by atoms with van der Waals surface area (Å²) >= 11 is 0. The molecule has 19 heavy (non-hydrogen) atoms. The van der Waals surface area contributed by atoms with Crippen LogP contribution in [0.2, 0.25) is 0 Å². The summed E-state index contributed by atoms with van der Waals surface area (Å²) in [6.45, 7) is 0. The van der Waals surface area contributed by atoms with E-state index in [2.05, 4.69) is 0 Å². The Morgan fingerprint density at radius 1 is 0.737 bits per heavy atom. The lowest BCUT2D eigenvalue weighted by molar-refractivity contribution is 0.425. The predicted molar refractivity (Wildman–Crippen MR) is 75.0 cm³/mol. The van der Waals surface area contributed by atoms with Gasteiger partial charge >= 0.3 is 7.12 Å². The van der Waals surface area contributed by atoms with Crippen molar-refractivity contribution in [1.82, 2.24) is 0 Å². The predicted octanol–water partition coefficient (Wildman–Crippen LogP) is 0.948. The van der Waals surface area contributed by atoms with E-state index < -0.39 is 7.12 Å². The Labute approximate surface area is 111 Å². The van der Waals surface area contributed by atoms with Gasteiger partial charge in [-0.2, -0.15) is 0 Å². The van der Waals surface area contributed by atoms with Gasteiger partial charge in [0.1, 0.15) is 11.5 Å². The first-order valence-corrected chi connectivity index (χ1v) is 5.72. The standard InChI is InChI=1S/C14H13BO4/c16-13-7-11(8-14(17)9-13)2-1-10-3-5-12(6-4-10)15(18)19/h1-9,16-19H/b2-1-. The largest absolute Gasteiger partial charge is 0.508 e. The zero-order chi connectivity index (χ0) is 13.8. The number of phenolic OH excluding ortho intramolecular Hbond substituents is 2. The minimum atomic E-state index is -1.47. The van der Waals surface area contributed by atoms with E-state index in [9.17, 15) is 10.2 Å². The maximum absolute atomic E-state index is 9.34. The highest BCUT2D eigenvalue weighted by molar-refractivity contribution is 6.58. The number of hydrogen-bond acceptors (Lipinski definition) is 4. The van der Waals surface area contributed by atoms with Crippen molar-refractivity contribution in [2.75, 3.05) is 0 Å². The van der Waals surface area contributed by atoms with Crippen LogP contribution < -0.4 is 5.46 Å². The average Bonchev–Trinajstić information content (AvgIpc) is 2.36. The molecule has 2 aromatic carbocycles. The molecule has 2 aromatic rings. The number of hydrogen-bond donors (Lipinski definition) is 4. The van der Waals surface area contributed by atoms with E-state index in [-0.39, 0.29) is 11.5 Å². The monoisotopic (exact) mass is 256 g/mol. The molecule has 0 radical (unpaired) electrons. The molecule has 0 spiro atoms. The molecule has 0 saturated heterocycles. The topological polar surface area (TPSA) is 80.9 Å². The molecule has 0 aromatic heterocycles. The van der Waals surface area contributed by atoms with Gasteiger partial charge < -0.3 is 20.3 Å². The third kappa shape index (κ3) is 3.61. The van der Waals surface area contributed by atoms with Crippen LogP contribution in [0.1, 0.15) is 11.1 Å². The molecule has 0 amide bonds. The highest BCUT2D eigenvalue weighted by atomic mass is 16.4. The van der Waals surface area contributed by atoms with Crippen molar-refractivity contribution in [2.45, 2.75) is 0 Å². The lowest BCUT2D eigenvalue weighted by Crippen LogP contribution is -2.29. The van der Waals surface area contributed by atoms with Crippen molar-refractivity contribution in [3.8, 4) is 11.5 Å². The number of benzene rings is 2. The van der Waals surface area contributed by atoms with E-state index in [0.29, 0.717) is 11.0 Å². The maximum Gasteiger partial charge on any atom is 0.488 e. The SMILES string of the molecule is OB(O)c1ccc(/C=C\c2cc(O)cc(O)c2)cc1. The average molecular weight is 256 g/mol. The molecule has 0 aliphatic carbocycles. The van der Waals surface area contributed by atoms with Gasteiger partial charge in [-0.3, -0.25) is 0 Å². The van der Waals surface area contributed by atoms with Crippen molar-refractivity contribution >= 4 is 24.7 Å². The molecule has 0 aliphatic heterocycles. The molecule has 4 nitrogen and oxygen atoms in total. The summed E-state index contributed by atoms with van der Waals surface area (Å²) in [6.07, 6.45) is 3.53. The smallest absolute Gasteiger partial charge is 0.488 e. The van der Waals surface area contributed by atoms with Crippen molar-refractivity contribution in [3.63, 3.8) is 0 Å². The van der Waals surface area contributed by atoms with Gasteiger partial charge in [0.05, 0.1) is 0 Å². The quantitative estimate of drug-likeness (QED) is 0.487. The van der Waals surface area contributed by atoms with Crippen LogP contribution in [0, 0.1) is 0 Å². The lowest BCUT2D eigenvalue weighted by Gasteiger charge is -2.00. The second kappa shape index (κ2) is 5.60. The Morgan fingerprint density at radius 3 is 1.79 bits per heavy atom. The third-order valence-electron chi connectivity index (χ3n) is 2.63. The molecule has 0 unspecified atom stereocenters. The van der Waals surface area contributed by atoms with Crippen molar-refractivity contribution in [2.24, 2.45) is 0 Å². The maximum atomic E-state index is 9.34. The Bertz CT molecular complexity index is 571. The lowest BCUT2D eigenvalue weighted by atomic mass is 9.80.